The van der Waals surface area contributed by atoms with E-state index in [1.807, 2.05) is 36.5 Å². The minimum Gasteiger partial charge on any atom is -0.370 e. The quantitative estimate of drug-likeness (QED) is 0.743. The molecule has 0 saturated heterocycles. The van der Waals surface area contributed by atoms with E-state index in [1.165, 1.54) is 0 Å². The molecular formula is C17H17N5O2. The Morgan fingerprint density at radius 1 is 1.08 bits per heavy atom. The number of nitrogens with one attached hydrogen (secondary N) is 1. The summed E-state index contributed by atoms with van der Waals surface area (Å²) in [6, 6.07) is 10.1. The van der Waals surface area contributed by atoms with E-state index in [4.69, 9.17) is 9.26 Å². The first-order chi connectivity index (χ1) is 11.9. The molecule has 4 rings (SSSR count). The lowest BCUT2D eigenvalue weighted by Crippen LogP contribution is -2.09. The number of rotatable bonds is 6. The predicted octanol–water partition coefficient (Wildman–Crippen LogP) is 2.14. The van der Waals surface area contributed by atoms with E-state index in [-0.39, 0.29) is 0 Å². The van der Waals surface area contributed by atoms with Gasteiger partial charge < -0.3 is 14.6 Å². The van der Waals surface area contributed by atoms with Gasteiger partial charge >= 0.3 is 0 Å². The van der Waals surface area contributed by atoms with Crippen LogP contribution in [0.15, 0.2) is 41.1 Å². The van der Waals surface area contributed by atoms with Crippen molar-refractivity contribution in [3.63, 3.8) is 0 Å². The standard InChI is InChI=1S/C17H17N5O2/c1-2-4-12(5-3-1)8-15-21-16(24-22-15)6-7-18-17-19-9-13-10-23-11-14(13)20-17/h1-5,9H,6-8,10-11H2,(H,18,19,20). The zero-order valence-corrected chi connectivity index (χ0v) is 13.1. The van der Waals surface area contributed by atoms with Crippen molar-refractivity contribution in [2.75, 3.05) is 11.9 Å². The van der Waals surface area contributed by atoms with Crippen molar-refractivity contribution in [1.29, 1.82) is 0 Å². The second-order valence-electron chi connectivity index (χ2n) is 5.60. The van der Waals surface area contributed by atoms with Crippen molar-refractivity contribution in [1.82, 2.24) is 20.1 Å². The summed E-state index contributed by atoms with van der Waals surface area (Å²) in [5.74, 6) is 1.91. The molecule has 3 aromatic rings. The van der Waals surface area contributed by atoms with Crippen LogP contribution >= 0.6 is 0 Å². The van der Waals surface area contributed by atoms with Crippen LogP contribution in [0.25, 0.3) is 0 Å². The number of hydrogen-bond donors (Lipinski definition) is 1. The van der Waals surface area contributed by atoms with E-state index in [2.05, 4.69) is 25.4 Å². The largest absolute Gasteiger partial charge is 0.370 e. The van der Waals surface area contributed by atoms with Crippen molar-refractivity contribution in [3.8, 4) is 0 Å². The molecule has 0 amide bonds. The van der Waals surface area contributed by atoms with Gasteiger partial charge in [-0.2, -0.15) is 4.98 Å². The molecule has 0 radical (unpaired) electrons. The van der Waals surface area contributed by atoms with Gasteiger partial charge in [0.1, 0.15) is 0 Å². The fraction of sp³-hybridized carbons (Fsp3) is 0.294. The molecule has 0 fully saturated rings. The van der Waals surface area contributed by atoms with Crippen molar-refractivity contribution in [2.24, 2.45) is 0 Å². The van der Waals surface area contributed by atoms with Crippen LogP contribution in [0.3, 0.4) is 0 Å². The molecule has 3 heterocycles. The highest BCUT2D eigenvalue weighted by atomic mass is 16.5. The maximum absolute atomic E-state index is 5.33. The van der Waals surface area contributed by atoms with Crippen LogP contribution in [-0.2, 0) is 30.8 Å². The minimum absolute atomic E-state index is 0.555. The third-order valence-corrected chi connectivity index (χ3v) is 3.79. The highest BCUT2D eigenvalue weighted by Crippen LogP contribution is 2.17. The predicted molar refractivity (Wildman–Crippen MR) is 86.3 cm³/mol. The van der Waals surface area contributed by atoms with Crippen LogP contribution in [0.4, 0.5) is 5.95 Å². The molecule has 1 aliphatic heterocycles. The average Bonchev–Trinajstić information content (AvgIpc) is 3.25. The Morgan fingerprint density at radius 2 is 2.00 bits per heavy atom. The lowest BCUT2D eigenvalue weighted by molar-refractivity contribution is 0.133. The average molecular weight is 323 g/mol. The number of aromatic nitrogens is 4. The fourth-order valence-electron chi connectivity index (χ4n) is 2.55. The van der Waals surface area contributed by atoms with Gasteiger partial charge in [0.2, 0.25) is 11.8 Å². The molecule has 1 aliphatic rings. The lowest BCUT2D eigenvalue weighted by atomic mass is 10.1. The van der Waals surface area contributed by atoms with Crippen molar-refractivity contribution in [3.05, 3.63) is 65.1 Å². The molecular weight excluding hydrogens is 306 g/mol. The monoisotopic (exact) mass is 323 g/mol. The van der Waals surface area contributed by atoms with Gasteiger partial charge in [0.05, 0.1) is 18.9 Å². The Labute approximate surface area is 139 Å². The third kappa shape index (κ3) is 3.41. The van der Waals surface area contributed by atoms with E-state index >= 15 is 0 Å². The van der Waals surface area contributed by atoms with Gasteiger partial charge in [-0.3, -0.25) is 0 Å². The molecule has 1 aromatic carbocycles. The van der Waals surface area contributed by atoms with Crippen LogP contribution in [-0.4, -0.2) is 26.7 Å². The molecule has 24 heavy (non-hydrogen) atoms. The smallest absolute Gasteiger partial charge is 0.228 e. The number of hydrogen-bond acceptors (Lipinski definition) is 7. The molecule has 7 nitrogen and oxygen atoms in total. The summed E-state index contributed by atoms with van der Waals surface area (Å²) in [6.07, 6.45) is 3.10. The van der Waals surface area contributed by atoms with Crippen molar-refractivity contribution in [2.45, 2.75) is 26.1 Å². The molecule has 0 unspecified atom stereocenters. The minimum atomic E-state index is 0.555. The summed E-state index contributed by atoms with van der Waals surface area (Å²) < 4.78 is 10.6. The van der Waals surface area contributed by atoms with Gasteiger partial charge in [-0.15, -0.1) is 0 Å². The first-order valence-electron chi connectivity index (χ1n) is 7.88. The van der Waals surface area contributed by atoms with E-state index in [0.717, 1.165) is 16.8 Å². The van der Waals surface area contributed by atoms with Gasteiger partial charge in [-0.25, -0.2) is 9.97 Å². The Balaban J connectivity index is 1.30. The molecule has 0 atom stereocenters. The number of fused-ring (bicyclic) bond motifs is 1. The molecule has 1 N–H and O–H groups in total. The molecule has 7 heteroatoms. The van der Waals surface area contributed by atoms with Gasteiger partial charge in [0.15, 0.2) is 5.82 Å². The molecule has 0 saturated carbocycles. The van der Waals surface area contributed by atoms with Crippen LogP contribution in [0, 0.1) is 0 Å². The summed E-state index contributed by atoms with van der Waals surface area (Å²) in [5, 5.41) is 7.20. The summed E-state index contributed by atoms with van der Waals surface area (Å²) in [4.78, 5) is 13.1. The maximum Gasteiger partial charge on any atom is 0.228 e. The fourth-order valence-corrected chi connectivity index (χ4v) is 2.55. The zero-order valence-electron chi connectivity index (χ0n) is 13.1. The molecule has 0 spiro atoms. The third-order valence-electron chi connectivity index (χ3n) is 3.79. The Kier molecular flexibility index (Phi) is 4.16. The number of ether oxygens (including phenoxy) is 1. The first kappa shape index (κ1) is 14.8. The Morgan fingerprint density at radius 3 is 2.92 bits per heavy atom. The zero-order chi connectivity index (χ0) is 16.2. The summed E-state index contributed by atoms with van der Waals surface area (Å²) in [6.45, 7) is 1.79. The molecule has 0 aliphatic carbocycles. The van der Waals surface area contributed by atoms with Crippen LogP contribution in [0.5, 0.6) is 0 Å². The molecule has 2 aromatic heterocycles. The van der Waals surface area contributed by atoms with Crippen LogP contribution < -0.4 is 5.32 Å². The second kappa shape index (κ2) is 6.76. The van der Waals surface area contributed by atoms with E-state index in [0.29, 0.717) is 50.3 Å². The van der Waals surface area contributed by atoms with E-state index in [9.17, 15) is 0 Å². The van der Waals surface area contributed by atoms with E-state index in [1.54, 1.807) is 0 Å². The normalized spacial score (nSPS) is 13.0. The summed E-state index contributed by atoms with van der Waals surface area (Å²) in [5.41, 5.74) is 3.18. The van der Waals surface area contributed by atoms with E-state index < -0.39 is 0 Å². The lowest BCUT2D eigenvalue weighted by Gasteiger charge is -2.03. The van der Waals surface area contributed by atoms with Gasteiger partial charge in [-0.05, 0) is 5.56 Å². The Hall–Kier alpha value is -2.80. The van der Waals surface area contributed by atoms with Crippen LogP contribution in [0.2, 0.25) is 0 Å². The number of nitrogens with zero attached hydrogens (tertiary/aromatic N) is 4. The SMILES string of the molecule is c1ccc(Cc2noc(CCNc3ncc4c(n3)COC4)n2)cc1. The Bertz CT molecular complexity index is 819. The number of anilines is 1. The first-order valence-corrected chi connectivity index (χ1v) is 7.88. The topological polar surface area (TPSA) is 86.0 Å². The maximum atomic E-state index is 5.33. The molecule has 122 valence electrons. The summed E-state index contributed by atoms with van der Waals surface area (Å²) in [7, 11) is 0. The van der Waals surface area contributed by atoms with Crippen molar-refractivity contribution < 1.29 is 9.26 Å². The number of benzene rings is 1. The summed E-state index contributed by atoms with van der Waals surface area (Å²) >= 11 is 0. The highest BCUT2D eigenvalue weighted by molar-refractivity contribution is 5.30. The highest BCUT2D eigenvalue weighted by Gasteiger charge is 2.14. The van der Waals surface area contributed by atoms with Gasteiger partial charge in [-0.1, -0.05) is 35.5 Å². The van der Waals surface area contributed by atoms with Crippen LogP contribution in [0.1, 0.15) is 28.5 Å². The van der Waals surface area contributed by atoms with Gasteiger partial charge in [0, 0.05) is 31.1 Å². The van der Waals surface area contributed by atoms with Gasteiger partial charge in [0.25, 0.3) is 0 Å². The second-order valence-corrected chi connectivity index (χ2v) is 5.60. The molecule has 0 bridgehead atoms. The van der Waals surface area contributed by atoms with Crippen molar-refractivity contribution >= 4 is 5.95 Å².